The molecule has 3 heteroatoms. The van der Waals surface area contributed by atoms with Gasteiger partial charge in [-0.3, -0.25) is 0 Å². The van der Waals surface area contributed by atoms with Crippen LogP contribution in [-0.2, 0) is 4.84 Å². The fraction of sp³-hybridized carbons (Fsp3) is 1.00. The molecule has 1 heterocycles. The van der Waals surface area contributed by atoms with E-state index in [9.17, 15) is 0 Å². The molecule has 1 saturated heterocycles. The smallest absolute Gasteiger partial charge is 0.0859 e. The molecule has 1 atom stereocenters. The monoisotopic (exact) mass is 107 g/mol. The van der Waals surface area contributed by atoms with E-state index in [1.165, 1.54) is 0 Å². The van der Waals surface area contributed by atoms with Crippen LogP contribution < -0.4 is 5.48 Å². The molecule has 0 aliphatic carbocycles. The first kappa shape index (κ1) is 4.37. The molecule has 1 aliphatic heterocycles. The van der Waals surface area contributed by atoms with E-state index in [0.29, 0.717) is 6.61 Å². The Balaban J connectivity index is 2.18. The fourth-order valence-electron chi connectivity index (χ4n) is 0.358. The lowest BCUT2D eigenvalue weighted by molar-refractivity contribution is 0.103. The minimum atomic E-state index is 0.185. The number of hydrogen-bond acceptors (Lipinski definition) is 2. The van der Waals surface area contributed by atoms with Crippen molar-refractivity contribution in [2.75, 3.05) is 13.2 Å². The highest BCUT2D eigenvalue weighted by molar-refractivity contribution is 6.21. The Hall–Kier alpha value is 0.210. The van der Waals surface area contributed by atoms with Crippen LogP contribution in [0.3, 0.4) is 0 Å². The predicted molar refractivity (Wildman–Crippen MR) is 23.6 cm³/mol. The van der Waals surface area contributed by atoms with Crippen molar-refractivity contribution in [3.63, 3.8) is 0 Å². The first-order valence-electron chi connectivity index (χ1n) is 1.88. The molecule has 0 spiro atoms. The second kappa shape index (κ2) is 1.78. The van der Waals surface area contributed by atoms with Crippen LogP contribution in [0.4, 0.5) is 0 Å². The average molecular weight is 108 g/mol. The molecule has 1 fully saturated rings. The van der Waals surface area contributed by atoms with Gasteiger partial charge in [0, 0.05) is 6.54 Å². The van der Waals surface area contributed by atoms with Gasteiger partial charge in [-0.1, -0.05) is 0 Å². The van der Waals surface area contributed by atoms with E-state index in [2.05, 4.69) is 10.3 Å². The molecule has 1 rings (SSSR count). The van der Waals surface area contributed by atoms with Crippen molar-refractivity contribution < 1.29 is 4.84 Å². The molecule has 6 heavy (non-hydrogen) atoms. The van der Waals surface area contributed by atoms with Gasteiger partial charge in [0.15, 0.2) is 0 Å². The highest BCUT2D eigenvalue weighted by Crippen LogP contribution is 1.98. The van der Waals surface area contributed by atoms with E-state index in [-0.39, 0.29) is 5.38 Å². The lowest BCUT2D eigenvalue weighted by atomic mass is 10.5. The SMILES string of the molecule is ClC1CNOC1. The number of hydroxylamine groups is 1. The third kappa shape index (κ3) is 0.834. The summed E-state index contributed by atoms with van der Waals surface area (Å²) in [5, 5.41) is 0.185. The van der Waals surface area contributed by atoms with Gasteiger partial charge in [0.05, 0.1) is 12.0 Å². The van der Waals surface area contributed by atoms with E-state index in [0.717, 1.165) is 6.54 Å². The number of alkyl halides is 1. The second-order valence-electron chi connectivity index (χ2n) is 1.26. The van der Waals surface area contributed by atoms with Crippen LogP contribution >= 0.6 is 11.6 Å². The maximum Gasteiger partial charge on any atom is 0.0859 e. The number of nitrogens with one attached hydrogen (secondary N) is 1. The summed E-state index contributed by atoms with van der Waals surface area (Å²) in [7, 11) is 0. The first-order chi connectivity index (χ1) is 2.89. The third-order valence-corrected chi connectivity index (χ3v) is 0.951. The average Bonchev–Trinajstić information content (AvgIpc) is 1.86. The maximum atomic E-state index is 5.52. The van der Waals surface area contributed by atoms with Gasteiger partial charge in [-0.05, 0) is 0 Å². The highest BCUT2D eigenvalue weighted by Gasteiger charge is 2.09. The number of hydrogen-bond donors (Lipinski definition) is 1. The molecule has 1 N–H and O–H groups in total. The molecule has 1 aliphatic rings. The molecular formula is C3H6ClNO. The van der Waals surface area contributed by atoms with Crippen LogP contribution in [0.25, 0.3) is 0 Å². The quantitative estimate of drug-likeness (QED) is 0.445. The van der Waals surface area contributed by atoms with Crippen LogP contribution in [0, 0.1) is 0 Å². The Kier molecular flexibility index (Phi) is 1.29. The Morgan fingerprint density at radius 3 is 2.83 bits per heavy atom. The summed E-state index contributed by atoms with van der Waals surface area (Å²) in [6.45, 7) is 1.42. The Morgan fingerprint density at radius 1 is 1.83 bits per heavy atom. The minimum Gasteiger partial charge on any atom is -0.300 e. The van der Waals surface area contributed by atoms with Crippen LogP contribution in [0.15, 0.2) is 0 Å². The molecule has 1 unspecified atom stereocenters. The Morgan fingerprint density at radius 2 is 2.67 bits per heavy atom. The molecule has 0 bridgehead atoms. The summed E-state index contributed by atoms with van der Waals surface area (Å²) in [4.78, 5) is 4.67. The van der Waals surface area contributed by atoms with Crippen molar-refractivity contribution in [2.45, 2.75) is 5.38 Å². The standard InChI is InChI=1S/C3H6ClNO/c4-3-1-5-6-2-3/h3,5H,1-2H2. The van der Waals surface area contributed by atoms with Gasteiger partial charge in [-0.25, -0.2) is 5.48 Å². The Bertz CT molecular complexity index is 44.1. The molecule has 0 aromatic carbocycles. The van der Waals surface area contributed by atoms with Gasteiger partial charge in [-0.15, -0.1) is 11.6 Å². The normalized spacial score (nSPS) is 34.5. The molecule has 0 aromatic heterocycles. The lowest BCUT2D eigenvalue weighted by Crippen LogP contribution is -2.06. The molecular weight excluding hydrogens is 101 g/mol. The zero-order valence-corrected chi connectivity index (χ0v) is 4.03. The summed E-state index contributed by atoms with van der Waals surface area (Å²) in [5.41, 5.74) is 2.64. The van der Waals surface area contributed by atoms with E-state index >= 15 is 0 Å². The zero-order chi connectivity index (χ0) is 4.41. The molecule has 36 valence electrons. The topological polar surface area (TPSA) is 21.3 Å². The molecule has 2 nitrogen and oxygen atoms in total. The van der Waals surface area contributed by atoms with Crippen LogP contribution in [0.2, 0.25) is 0 Å². The van der Waals surface area contributed by atoms with Gasteiger partial charge < -0.3 is 4.84 Å². The molecule has 0 amide bonds. The maximum absolute atomic E-state index is 5.52. The van der Waals surface area contributed by atoms with Crippen molar-refractivity contribution in [3.8, 4) is 0 Å². The highest BCUT2D eigenvalue weighted by atomic mass is 35.5. The Labute approximate surface area is 41.4 Å². The zero-order valence-electron chi connectivity index (χ0n) is 3.28. The molecule has 0 radical (unpaired) electrons. The van der Waals surface area contributed by atoms with Crippen LogP contribution in [0.5, 0.6) is 0 Å². The predicted octanol–water partition coefficient (Wildman–Crippen LogP) is 0.129. The van der Waals surface area contributed by atoms with Crippen LogP contribution in [-0.4, -0.2) is 18.5 Å². The minimum absolute atomic E-state index is 0.185. The van der Waals surface area contributed by atoms with Crippen molar-refractivity contribution in [1.82, 2.24) is 5.48 Å². The number of halogens is 1. The first-order valence-corrected chi connectivity index (χ1v) is 2.32. The summed E-state index contributed by atoms with van der Waals surface area (Å²) in [6, 6.07) is 0. The van der Waals surface area contributed by atoms with Crippen LogP contribution in [0.1, 0.15) is 0 Å². The summed E-state index contributed by atoms with van der Waals surface area (Å²) in [5.74, 6) is 0. The second-order valence-corrected chi connectivity index (χ2v) is 1.87. The van der Waals surface area contributed by atoms with E-state index in [4.69, 9.17) is 11.6 Å². The summed E-state index contributed by atoms with van der Waals surface area (Å²) in [6.07, 6.45) is 0. The van der Waals surface area contributed by atoms with Crippen molar-refractivity contribution in [3.05, 3.63) is 0 Å². The van der Waals surface area contributed by atoms with Crippen molar-refractivity contribution in [1.29, 1.82) is 0 Å². The van der Waals surface area contributed by atoms with Gasteiger partial charge in [0.25, 0.3) is 0 Å². The largest absolute Gasteiger partial charge is 0.300 e. The van der Waals surface area contributed by atoms with E-state index < -0.39 is 0 Å². The van der Waals surface area contributed by atoms with Gasteiger partial charge in [0.2, 0.25) is 0 Å². The van der Waals surface area contributed by atoms with Gasteiger partial charge >= 0.3 is 0 Å². The van der Waals surface area contributed by atoms with Crippen molar-refractivity contribution in [2.24, 2.45) is 0 Å². The summed E-state index contributed by atoms with van der Waals surface area (Å²) < 4.78 is 0. The third-order valence-electron chi connectivity index (χ3n) is 0.671. The lowest BCUT2D eigenvalue weighted by Gasteiger charge is -1.83. The van der Waals surface area contributed by atoms with Gasteiger partial charge in [-0.2, -0.15) is 0 Å². The van der Waals surface area contributed by atoms with Crippen molar-refractivity contribution >= 4 is 11.6 Å². The molecule has 0 aromatic rings. The van der Waals surface area contributed by atoms with Gasteiger partial charge in [0.1, 0.15) is 0 Å². The number of rotatable bonds is 0. The molecule has 0 saturated carbocycles. The van der Waals surface area contributed by atoms with E-state index in [1.807, 2.05) is 0 Å². The fourth-order valence-corrected chi connectivity index (χ4v) is 0.484. The summed E-state index contributed by atoms with van der Waals surface area (Å²) >= 11 is 5.52. The van der Waals surface area contributed by atoms with E-state index in [1.54, 1.807) is 0 Å².